The number of ether oxygens (including phenoxy) is 1. The summed E-state index contributed by atoms with van der Waals surface area (Å²) in [6.07, 6.45) is 1.23. The third kappa shape index (κ3) is 9.38. The molecule has 3 rings (SSSR count). The van der Waals surface area contributed by atoms with E-state index in [9.17, 15) is 18.0 Å². The Morgan fingerprint density at radius 2 is 1.61 bits per heavy atom. The molecule has 41 heavy (non-hydrogen) atoms. The van der Waals surface area contributed by atoms with E-state index in [1.165, 1.54) is 18.1 Å². The van der Waals surface area contributed by atoms with Gasteiger partial charge in [0.25, 0.3) is 0 Å². The van der Waals surface area contributed by atoms with Crippen LogP contribution in [0.3, 0.4) is 0 Å². The molecule has 0 aliphatic heterocycles. The van der Waals surface area contributed by atoms with Crippen LogP contribution >= 0.6 is 23.2 Å². The normalized spacial score (nSPS) is 12.4. The lowest BCUT2D eigenvalue weighted by molar-refractivity contribution is -0.140. The number of nitrogens with zero attached hydrogens (tertiary/aromatic N) is 2. The number of sulfonamides is 1. The number of carbonyl (C=O) groups is 2. The van der Waals surface area contributed by atoms with Gasteiger partial charge in [-0.05, 0) is 56.2 Å². The van der Waals surface area contributed by atoms with E-state index in [1.807, 2.05) is 51.1 Å². The Morgan fingerprint density at radius 3 is 2.20 bits per heavy atom. The van der Waals surface area contributed by atoms with Crippen LogP contribution in [0.25, 0.3) is 0 Å². The van der Waals surface area contributed by atoms with Gasteiger partial charge >= 0.3 is 0 Å². The van der Waals surface area contributed by atoms with E-state index in [-0.39, 0.29) is 24.6 Å². The lowest BCUT2D eigenvalue weighted by Gasteiger charge is -2.35. The standard InChI is InChI=1S/C30H35Cl2N3O5S/c1-30(2,3)33-29(37)27(17-21-10-7-6-8-11-21)34(19-22-14-15-25(31)26(32)16-22)28(36)20-35(41(5,38)39)23-12-9-13-24(18-23)40-4/h6-16,18,27H,17,19-20H2,1-5H3,(H,33,37)/t27-/m0/s1. The largest absolute Gasteiger partial charge is 0.497 e. The van der Waals surface area contributed by atoms with Crippen LogP contribution in [0.1, 0.15) is 31.9 Å². The van der Waals surface area contributed by atoms with E-state index in [2.05, 4.69) is 5.32 Å². The summed E-state index contributed by atoms with van der Waals surface area (Å²) in [5.74, 6) is -0.515. The molecule has 0 aliphatic rings. The Morgan fingerprint density at radius 1 is 0.927 bits per heavy atom. The summed E-state index contributed by atoms with van der Waals surface area (Å²) in [6.45, 7) is 5.00. The summed E-state index contributed by atoms with van der Waals surface area (Å²) < 4.78 is 32.1. The summed E-state index contributed by atoms with van der Waals surface area (Å²) in [5.41, 5.74) is 1.14. The van der Waals surface area contributed by atoms with Crippen LogP contribution in [0.4, 0.5) is 5.69 Å². The Kier molecular flexibility index (Phi) is 10.7. The summed E-state index contributed by atoms with van der Waals surface area (Å²) in [7, 11) is -2.43. The fourth-order valence-electron chi connectivity index (χ4n) is 4.22. The van der Waals surface area contributed by atoms with Gasteiger partial charge < -0.3 is 15.0 Å². The number of amides is 2. The Hall–Kier alpha value is -3.27. The summed E-state index contributed by atoms with van der Waals surface area (Å²) >= 11 is 12.4. The van der Waals surface area contributed by atoms with Gasteiger partial charge in [-0.15, -0.1) is 0 Å². The van der Waals surface area contributed by atoms with Crippen molar-refractivity contribution in [2.75, 3.05) is 24.2 Å². The van der Waals surface area contributed by atoms with E-state index >= 15 is 0 Å². The number of rotatable bonds is 11. The molecule has 0 saturated carbocycles. The fraction of sp³-hybridized carbons (Fsp3) is 0.333. The van der Waals surface area contributed by atoms with Crippen molar-refractivity contribution >= 4 is 50.7 Å². The average molecular weight is 621 g/mol. The van der Waals surface area contributed by atoms with Crippen molar-refractivity contribution in [3.05, 3.63) is 94.0 Å². The molecule has 0 aromatic heterocycles. The van der Waals surface area contributed by atoms with Gasteiger partial charge in [-0.25, -0.2) is 8.42 Å². The minimum atomic E-state index is -3.90. The van der Waals surface area contributed by atoms with Gasteiger partial charge in [0.1, 0.15) is 18.3 Å². The van der Waals surface area contributed by atoms with Crippen molar-refractivity contribution in [2.45, 2.75) is 45.3 Å². The van der Waals surface area contributed by atoms with Crippen molar-refractivity contribution in [3.8, 4) is 5.75 Å². The molecule has 0 radical (unpaired) electrons. The molecule has 0 spiro atoms. The second-order valence-corrected chi connectivity index (χ2v) is 13.4. The molecule has 1 atom stereocenters. The monoisotopic (exact) mass is 619 g/mol. The number of hydrogen-bond donors (Lipinski definition) is 1. The van der Waals surface area contributed by atoms with Crippen LogP contribution in [0.2, 0.25) is 10.0 Å². The van der Waals surface area contributed by atoms with Gasteiger partial charge in [0.05, 0.1) is 29.1 Å². The van der Waals surface area contributed by atoms with Crippen LogP contribution in [0, 0.1) is 0 Å². The number of methoxy groups -OCH3 is 1. The quantitative estimate of drug-likeness (QED) is 0.313. The van der Waals surface area contributed by atoms with Gasteiger partial charge in [-0.1, -0.05) is 65.7 Å². The zero-order valence-electron chi connectivity index (χ0n) is 23.7. The highest BCUT2D eigenvalue weighted by Gasteiger charge is 2.34. The lowest BCUT2D eigenvalue weighted by Crippen LogP contribution is -2.56. The van der Waals surface area contributed by atoms with Crippen LogP contribution in [-0.2, 0) is 32.6 Å². The van der Waals surface area contributed by atoms with Gasteiger partial charge in [0.15, 0.2) is 0 Å². The van der Waals surface area contributed by atoms with E-state index in [4.69, 9.17) is 27.9 Å². The number of halogens is 2. The second-order valence-electron chi connectivity index (χ2n) is 10.7. The maximum absolute atomic E-state index is 14.1. The number of anilines is 1. The minimum absolute atomic E-state index is 0.0134. The SMILES string of the molecule is COc1cccc(N(CC(=O)N(Cc2ccc(Cl)c(Cl)c2)[C@@H](Cc2ccccc2)C(=O)NC(C)(C)C)S(C)(=O)=O)c1. The third-order valence-corrected chi connectivity index (χ3v) is 8.01. The number of nitrogens with one attached hydrogen (secondary N) is 1. The number of carbonyl (C=O) groups excluding carboxylic acids is 2. The molecule has 0 fully saturated rings. The second kappa shape index (κ2) is 13.6. The first kappa shape index (κ1) is 32.2. The smallest absolute Gasteiger partial charge is 0.244 e. The summed E-state index contributed by atoms with van der Waals surface area (Å²) in [6, 6.07) is 19.7. The van der Waals surface area contributed by atoms with Crippen LogP contribution in [0.5, 0.6) is 5.75 Å². The molecule has 11 heteroatoms. The van der Waals surface area contributed by atoms with Crippen molar-refractivity contribution < 1.29 is 22.7 Å². The summed E-state index contributed by atoms with van der Waals surface area (Å²) in [4.78, 5) is 29.3. The molecule has 220 valence electrons. The fourth-order valence-corrected chi connectivity index (χ4v) is 5.38. The molecular weight excluding hydrogens is 585 g/mol. The highest BCUT2D eigenvalue weighted by molar-refractivity contribution is 7.92. The number of benzene rings is 3. The van der Waals surface area contributed by atoms with Gasteiger partial charge in [0, 0.05) is 24.6 Å². The van der Waals surface area contributed by atoms with Crippen molar-refractivity contribution in [3.63, 3.8) is 0 Å². The molecule has 0 aliphatic carbocycles. The Labute approximate surface area is 252 Å². The molecule has 0 saturated heterocycles. The van der Waals surface area contributed by atoms with Crippen LogP contribution < -0.4 is 14.4 Å². The van der Waals surface area contributed by atoms with E-state index < -0.39 is 34.1 Å². The Bertz CT molecular complexity index is 1480. The zero-order valence-corrected chi connectivity index (χ0v) is 26.1. The third-order valence-electron chi connectivity index (χ3n) is 6.13. The molecule has 3 aromatic carbocycles. The molecule has 0 unspecified atom stereocenters. The topological polar surface area (TPSA) is 96.0 Å². The number of hydrogen-bond acceptors (Lipinski definition) is 5. The first-order valence-corrected chi connectivity index (χ1v) is 15.5. The highest BCUT2D eigenvalue weighted by atomic mass is 35.5. The van der Waals surface area contributed by atoms with Crippen molar-refractivity contribution in [1.29, 1.82) is 0 Å². The molecule has 2 amide bonds. The maximum atomic E-state index is 14.1. The average Bonchev–Trinajstić information content (AvgIpc) is 2.90. The predicted octanol–water partition coefficient (Wildman–Crippen LogP) is 5.32. The van der Waals surface area contributed by atoms with Gasteiger partial charge in [0.2, 0.25) is 21.8 Å². The Balaban J connectivity index is 2.10. The molecule has 3 aromatic rings. The molecule has 0 heterocycles. The van der Waals surface area contributed by atoms with E-state index in [0.29, 0.717) is 21.4 Å². The van der Waals surface area contributed by atoms with E-state index in [0.717, 1.165) is 16.1 Å². The molecule has 0 bridgehead atoms. The van der Waals surface area contributed by atoms with Gasteiger partial charge in [-0.2, -0.15) is 0 Å². The minimum Gasteiger partial charge on any atom is -0.497 e. The lowest BCUT2D eigenvalue weighted by atomic mass is 10.0. The zero-order chi connectivity index (χ0) is 30.4. The first-order valence-electron chi connectivity index (χ1n) is 12.9. The highest BCUT2D eigenvalue weighted by Crippen LogP contribution is 2.26. The van der Waals surface area contributed by atoms with Crippen molar-refractivity contribution in [1.82, 2.24) is 10.2 Å². The van der Waals surface area contributed by atoms with E-state index in [1.54, 1.807) is 36.4 Å². The summed E-state index contributed by atoms with van der Waals surface area (Å²) in [5, 5.41) is 3.63. The predicted molar refractivity (Wildman–Crippen MR) is 164 cm³/mol. The molecule has 8 nitrogen and oxygen atoms in total. The van der Waals surface area contributed by atoms with Crippen LogP contribution in [-0.4, -0.2) is 56.6 Å². The van der Waals surface area contributed by atoms with Crippen LogP contribution in [0.15, 0.2) is 72.8 Å². The first-order chi connectivity index (χ1) is 19.2. The molecule has 1 N–H and O–H groups in total. The van der Waals surface area contributed by atoms with Gasteiger partial charge in [-0.3, -0.25) is 13.9 Å². The maximum Gasteiger partial charge on any atom is 0.244 e. The van der Waals surface area contributed by atoms with Crippen molar-refractivity contribution in [2.24, 2.45) is 0 Å². The molecular formula is C30H35Cl2N3O5S.